The summed E-state index contributed by atoms with van der Waals surface area (Å²) in [4.78, 5) is 19.7. The van der Waals surface area contributed by atoms with Crippen molar-refractivity contribution in [2.45, 2.75) is 57.9 Å². The first-order chi connectivity index (χ1) is 12.7. The predicted octanol–water partition coefficient (Wildman–Crippen LogP) is 4.83. The lowest BCUT2D eigenvalue weighted by Crippen LogP contribution is -2.43. The molecule has 136 valence electrons. The molecule has 1 saturated carbocycles. The molecule has 0 spiro atoms. The lowest BCUT2D eigenvalue weighted by atomic mass is 9.83. The smallest absolute Gasteiger partial charge is 0.226 e. The number of piperidine rings is 1. The van der Waals surface area contributed by atoms with Crippen molar-refractivity contribution in [2.75, 3.05) is 6.54 Å². The summed E-state index contributed by atoms with van der Waals surface area (Å²) >= 11 is 0. The Labute approximate surface area is 156 Å². The maximum atomic E-state index is 12.8. The highest BCUT2D eigenvalue weighted by atomic mass is 16.2. The van der Waals surface area contributed by atoms with Crippen molar-refractivity contribution in [3.8, 4) is 0 Å². The van der Waals surface area contributed by atoms with E-state index in [1.807, 2.05) is 6.20 Å². The van der Waals surface area contributed by atoms with Crippen molar-refractivity contribution >= 4 is 5.91 Å². The Morgan fingerprint density at radius 2 is 1.92 bits per heavy atom. The topological polar surface area (TPSA) is 33.2 Å². The monoisotopic (exact) mass is 348 g/mol. The van der Waals surface area contributed by atoms with Gasteiger partial charge >= 0.3 is 0 Å². The van der Waals surface area contributed by atoms with Crippen LogP contribution >= 0.6 is 0 Å². The highest BCUT2D eigenvalue weighted by Crippen LogP contribution is 2.36. The molecule has 4 rings (SSSR count). The summed E-state index contributed by atoms with van der Waals surface area (Å²) in [6.07, 6.45) is 9.64. The summed E-state index contributed by atoms with van der Waals surface area (Å²) in [6.45, 7) is 3.06. The van der Waals surface area contributed by atoms with Crippen molar-refractivity contribution in [3.05, 3.63) is 65.0 Å². The molecule has 1 saturated heterocycles. The van der Waals surface area contributed by atoms with Crippen LogP contribution in [0, 0.1) is 12.8 Å². The van der Waals surface area contributed by atoms with Crippen LogP contribution < -0.4 is 0 Å². The third-order valence-electron chi connectivity index (χ3n) is 6.11. The molecule has 0 N–H and O–H groups in total. The Morgan fingerprint density at radius 3 is 2.62 bits per heavy atom. The second-order valence-corrected chi connectivity index (χ2v) is 7.86. The Morgan fingerprint density at radius 1 is 1.08 bits per heavy atom. The number of likely N-dealkylation sites (tertiary alicyclic amines) is 1. The molecule has 1 aliphatic carbocycles. The average molecular weight is 348 g/mol. The van der Waals surface area contributed by atoms with Gasteiger partial charge in [-0.2, -0.15) is 0 Å². The molecule has 1 unspecified atom stereocenters. The van der Waals surface area contributed by atoms with Gasteiger partial charge in [0.05, 0.1) is 6.04 Å². The molecule has 3 heteroatoms. The Balaban J connectivity index is 1.49. The van der Waals surface area contributed by atoms with Crippen molar-refractivity contribution in [2.24, 2.45) is 5.92 Å². The SMILES string of the molecule is Cc1ccccc1Cc1ccc(C2CCCCN2C(=O)C2CCC2)cn1. The van der Waals surface area contributed by atoms with E-state index < -0.39 is 0 Å². The molecule has 1 aromatic heterocycles. The van der Waals surface area contributed by atoms with E-state index in [0.29, 0.717) is 5.91 Å². The van der Waals surface area contributed by atoms with Crippen LogP contribution in [0.5, 0.6) is 0 Å². The van der Waals surface area contributed by atoms with E-state index in [1.165, 1.54) is 29.5 Å². The highest BCUT2D eigenvalue weighted by Gasteiger charge is 2.34. The van der Waals surface area contributed by atoms with Gasteiger partial charge in [0.1, 0.15) is 0 Å². The lowest BCUT2D eigenvalue weighted by molar-refractivity contribution is -0.142. The molecule has 3 nitrogen and oxygen atoms in total. The first-order valence-corrected chi connectivity index (χ1v) is 10.0. The van der Waals surface area contributed by atoms with Gasteiger partial charge in [-0.05, 0) is 61.8 Å². The number of aromatic nitrogens is 1. The number of hydrogen-bond donors (Lipinski definition) is 0. The van der Waals surface area contributed by atoms with E-state index in [-0.39, 0.29) is 12.0 Å². The van der Waals surface area contributed by atoms with Crippen LogP contribution in [0.1, 0.15) is 67.0 Å². The van der Waals surface area contributed by atoms with Gasteiger partial charge in [0, 0.05) is 30.8 Å². The standard InChI is InChI=1S/C23H28N2O/c1-17-7-2-3-8-19(17)15-21-13-12-20(16-24-21)22-11-4-5-14-25(22)23(26)18-9-6-10-18/h2-3,7-8,12-13,16,18,22H,4-6,9-11,14-15H2,1H3. The molecule has 2 heterocycles. The molecule has 1 aliphatic heterocycles. The number of rotatable bonds is 4. The second kappa shape index (κ2) is 7.61. The summed E-state index contributed by atoms with van der Waals surface area (Å²) in [7, 11) is 0. The van der Waals surface area contributed by atoms with Gasteiger partial charge in [-0.15, -0.1) is 0 Å². The van der Waals surface area contributed by atoms with Gasteiger partial charge in [-0.25, -0.2) is 0 Å². The number of hydrogen-bond acceptors (Lipinski definition) is 2. The van der Waals surface area contributed by atoms with Gasteiger partial charge in [0.2, 0.25) is 5.91 Å². The lowest BCUT2D eigenvalue weighted by Gasteiger charge is -2.40. The van der Waals surface area contributed by atoms with Crippen molar-refractivity contribution < 1.29 is 4.79 Å². The molecule has 1 aromatic carbocycles. The molecule has 0 bridgehead atoms. The first-order valence-electron chi connectivity index (χ1n) is 10.0. The molecule has 26 heavy (non-hydrogen) atoms. The Kier molecular flexibility index (Phi) is 5.05. The van der Waals surface area contributed by atoms with Crippen molar-refractivity contribution in [1.29, 1.82) is 0 Å². The maximum absolute atomic E-state index is 12.8. The quantitative estimate of drug-likeness (QED) is 0.792. The summed E-state index contributed by atoms with van der Waals surface area (Å²) in [6, 6.07) is 13.0. The molecule has 1 atom stereocenters. The van der Waals surface area contributed by atoms with Crippen LogP contribution in [0.2, 0.25) is 0 Å². The van der Waals surface area contributed by atoms with Crippen LogP contribution in [0.15, 0.2) is 42.6 Å². The van der Waals surface area contributed by atoms with Gasteiger partial charge in [-0.3, -0.25) is 9.78 Å². The fourth-order valence-corrected chi connectivity index (χ4v) is 4.17. The molecular formula is C23H28N2O. The third-order valence-corrected chi connectivity index (χ3v) is 6.11. The summed E-state index contributed by atoms with van der Waals surface area (Å²) in [5, 5.41) is 0. The molecule has 2 aromatic rings. The van der Waals surface area contributed by atoms with Crippen LogP contribution in [-0.4, -0.2) is 22.3 Å². The average Bonchev–Trinajstić information content (AvgIpc) is 2.63. The second-order valence-electron chi connectivity index (χ2n) is 7.86. The number of nitrogens with zero attached hydrogens (tertiary/aromatic N) is 2. The summed E-state index contributed by atoms with van der Waals surface area (Å²) in [5.74, 6) is 0.661. The summed E-state index contributed by atoms with van der Waals surface area (Å²) < 4.78 is 0. The molecule has 2 aliphatic rings. The fourth-order valence-electron chi connectivity index (χ4n) is 4.17. The number of carbonyl (C=O) groups is 1. The number of carbonyl (C=O) groups excluding carboxylic acids is 1. The Hall–Kier alpha value is -2.16. The fraction of sp³-hybridized carbons (Fsp3) is 0.478. The highest BCUT2D eigenvalue weighted by molar-refractivity contribution is 5.80. The maximum Gasteiger partial charge on any atom is 0.226 e. The van der Waals surface area contributed by atoms with Crippen LogP contribution in [0.4, 0.5) is 0 Å². The minimum Gasteiger partial charge on any atom is -0.335 e. The van der Waals surface area contributed by atoms with E-state index in [2.05, 4.69) is 48.2 Å². The van der Waals surface area contributed by atoms with Gasteiger partial charge < -0.3 is 4.90 Å². The number of amides is 1. The van der Waals surface area contributed by atoms with Crippen LogP contribution in [-0.2, 0) is 11.2 Å². The number of pyridine rings is 1. The van der Waals surface area contributed by atoms with E-state index in [4.69, 9.17) is 4.98 Å². The van der Waals surface area contributed by atoms with E-state index in [9.17, 15) is 4.79 Å². The minimum atomic E-state index is 0.219. The first kappa shape index (κ1) is 17.3. The zero-order valence-corrected chi connectivity index (χ0v) is 15.7. The van der Waals surface area contributed by atoms with E-state index >= 15 is 0 Å². The zero-order chi connectivity index (χ0) is 17.9. The largest absolute Gasteiger partial charge is 0.335 e. The third kappa shape index (κ3) is 3.53. The van der Waals surface area contributed by atoms with Crippen LogP contribution in [0.25, 0.3) is 0 Å². The molecular weight excluding hydrogens is 320 g/mol. The Bertz CT molecular complexity index is 764. The van der Waals surface area contributed by atoms with Crippen LogP contribution in [0.3, 0.4) is 0 Å². The van der Waals surface area contributed by atoms with Gasteiger partial charge in [0.15, 0.2) is 0 Å². The summed E-state index contributed by atoms with van der Waals surface area (Å²) in [5.41, 5.74) is 4.93. The molecule has 0 radical (unpaired) electrons. The van der Waals surface area contributed by atoms with Gasteiger partial charge in [-0.1, -0.05) is 36.8 Å². The van der Waals surface area contributed by atoms with Gasteiger partial charge in [0.25, 0.3) is 0 Å². The number of aryl methyl sites for hydroxylation is 1. The normalized spacial score (nSPS) is 20.7. The predicted molar refractivity (Wildman–Crippen MR) is 104 cm³/mol. The molecule has 2 fully saturated rings. The molecule has 1 amide bonds. The van der Waals surface area contributed by atoms with E-state index in [1.54, 1.807) is 0 Å². The minimum absolute atomic E-state index is 0.219. The van der Waals surface area contributed by atoms with Crippen molar-refractivity contribution in [1.82, 2.24) is 9.88 Å². The number of benzene rings is 1. The van der Waals surface area contributed by atoms with E-state index in [0.717, 1.165) is 44.3 Å². The zero-order valence-electron chi connectivity index (χ0n) is 15.7. The van der Waals surface area contributed by atoms with Crippen molar-refractivity contribution in [3.63, 3.8) is 0 Å².